The number of hydrogen-bond donors (Lipinski definition) is 2. The van der Waals surface area contributed by atoms with Crippen LogP contribution in [0, 0.1) is 22.0 Å². The zero-order chi connectivity index (χ0) is 13.8. The third-order valence-corrected chi connectivity index (χ3v) is 3.89. The van der Waals surface area contributed by atoms with E-state index in [1.807, 2.05) is 0 Å². The number of hydrogen-bond acceptors (Lipinski definition) is 4. The lowest BCUT2D eigenvalue weighted by molar-refractivity contribution is -0.384. The fraction of sp³-hybridized carbons (Fsp3) is 0.571. The van der Waals surface area contributed by atoms with E-state index in [9.17, 15) is 15.2 Å². The Morgan fingerprint density at radius 2 is 2.05 bits per heavy atom. The van der Waals surface area contributed by atoms with Crippen molar-refractivity contribution >= 4 is 11.4 Å². The minimum absolute atomic E-state index is 0.0656. The fourth-order valence-corrected chi connectivity index (χ4v) is 2.61. The van der Waals surface area contributed by atoms with Crippen LogP contribution in [0.3, 0.4) is 0 Å². The van der Waals surface area contributed by atoms with Gasteiger partial charge in [0.1, 0.15) is 11.4 Å². The van der Waals surface area contributed by atoms with E-state index in [1.54, 1.807) is 6.07 Å². The van der Waals surface area contributed by atoms with E-state index in [0.717, 1.165) is 12.5 Å². The van der Waals surface area contributed by atoms with Gasteiger partial charge in [-0.2, -0.15) is 0 Å². The maximum atomic E-state index is 10.9. The normalized spacial score (nSPS) is 23.0. The van der Waals surface area contributed by atoms with Crippen LogP contribution in [0.1, 0.15) is 32.6 Å². The van der Waals surface area contributed by atoms with Gasteiger partial charge in [-0.15, -0.1) is 0 Å². The number of rotatable bonds is 4. The predicted octanol–water partition coefficient (Wildman–Crippen LogP) is 3.54. The number of benzene rings is 1. The smallest absolute Gasteiger partial charge is 0.296 e. The van der Waals surface area contributed by atoms with E-state index in [1.165, 1.54) is 37.8 Å². The molecule has 0 bridgehead atoms. The zero-order valence-corrected chi connectivity index (χ0v) is 11.1. The molecule has 0 spiro atoms. The van der Waals surface area contributed by atoms with Crippen LogP contribution in [0.15, 0.2) is 18.2 Å². The van der Waals surface area contributed by atoms with Gasteiger partial charge in [0, 0.05) is 6.54 Å². The molecule has 0 amide bonds. The third-order valence-electron chi connectivity index (χ3n) is 3.89. The quantitative estimate of drug-likeness (QED) is 0.495. The minimum atomic E-state index is -0.467. The molecule has 2 rings (SSSR count). The Kier molecular flexibility index (Phi) is 4.24. The van der Waals surface area contributed by atoms with Crippen molar-refractivity contribution in [1.29, 1.82) is 0 Å². The standard InChI is InChI=1S/C14H20N2O3/c1-10-2-4-11(5-3-10)9-15-13-7-6-12(17)8-14(13)16(18)19/h6-8,10-11,15,17H,2-5,9H2,1H3. The van der Waals surface area contributed by atoms with Gasteiger partial charge in [-0.05, 0) is 36.8 Å². The largest absolute Gasteiger partial charge is 0.508 e. The molecular weight excluding hydrogens is 244 g/mol. The lowest BCUT2D eigenvalue weighted by atomic mass is 9.83. The van der Waals surface area contributed by atoms with Crippen LogP contribution in [-0.2, 0) is 0 Å². The zero-order valence-electron chi connectivity index (χ0n) is 11.1. The van der Waals surface area contributed by atoms with Gasteiger partial charge in [-0.1, -0.05) is 19.8 Å². The Bertz CT molecular complexity index is 454. The van der Waals surface area contributed by atoms with E-state index in [2.05, 4.69) is 12.2 Å². The van der Waals surface area contributed by atoms with E-state index < -0.39 is 4.92 Å². The first-order chi connectivity index (χ1) is 9.06. The first kappa shape index (κ1) is 13.6. The summed E-state index contributed by atoms with van der Waals surface area (Å²) < 4.78 is 0. The van der Waals surface area contributed by atoms with Crippen molar-refractivity contribution in [1.82, 2.24) is 0 Å². The number of aromatic hydroxyl groups is 1. The highest BCUT2D eigenvalue weighted by molar-refractivity contribution is 5.63. The average Bonchev–Trinajstić information content (AvgIpc) is 2.39. The summed E-state index contributed by atoms with van der Waals surface area (Å²) in [5.74, 6) is 1.31. The Morgan fingerprint density at radius 3 is 2.68 bits per heavy atom. The summed E-state index contributed by atoms with van der Waals surface area (Å²) in [4.78, 5) is 10.5. The number of nitrogens with zero attached hydrogens (tertiary/aromatic N) is 1. The molecule has 0 aromatic heterocycles. The Hall–Kier alpha value is -1.78. The first-order valence-electron chi connectivity index (χ1n) is 6.77. The van der Waals surface area contributed by atoms with Gasteiger partial charge >= 0.3 is 0 Å². The number of anilines is 1. The molecule has 0 radical (unpaired) electrons. The summed E-state index contributed by atoms with van der Waals surface area (Å²) in [5.41, 5.74) is 0.422. The first-order valence-corrected chi connectivity index (χ1v) is 6.77. The monoisotopic (exact) mass is 264 g/mol. The van der Waals surface area contributed by atoms with E-state index in [-0.39, 0.29) is 11.4 Å². The number of nitro benzene ring substituents is 1. The molecule has 19 heavy (non-hydrogen) atoms. The van der Waals surface area contributed by atoms with Crippen LogP contribution in [-0.4, -0.2) is 16.6 Å². The summed E-state index contributed by atoms with van der Waals surface area (Å²) >= 11 is 0. The molecule has 5 heteroatoms. The van der Waals surface area contributed by atoms with E-state index >= 15 is 0 Å². The third kappa shape index (κ3) is 3.59. The summed E-state index contributed by atoms with van der Waals surface area (Å²) in [6.45, 7) is 3.03. The van der Waals surface area contributed by atoms with Gasteiger partial charge < -0.3 is 10.4 Å². The highest BCUT2D eigenvalue weighted by Crippen LogP contribution is 2.31. The van der Waals surface area contributed by atoms with Crippen molar-refractivity contribution in [2.45, 2.75) is 32.6 Å². The molecule has 0 heterocycles. The number of phenolic OH excluding ortho intramolecular Hbond substituents is 1. The summed E-state index contributed by atoms with van der Waals surface area (Å²) in [6.07, 6.45) is 4.84. The van der Waals surface area contributed by atoms with Crippen molar-refractivity contribution in [3.05, 3.63) is 28.3 Å². The highest BCUT2D eigenvalue weighted by atomic mass is 16.6. The van der Waals surface area contributed by atoms with Crippen LogP contribution < -0.4 is 5.32 Å². The van der Waals surface area contributed by atoms with Crippen molar-refractivity contribution in [3.8, 4) is 5.75 Å². The summed E-state index contributed by atoms with van der Waals surface area (Å²) in [7, 11) is 0. The second-order valence-corrected chi connectivity index (χ2v) is 5.47. The van der Waals surface area contributed by atoms with Gasteiger partial charge in [0.05, 0.1) is 11.0 Å². The molecule has 1 aromatic carbocycles. The molecule has 0 unspecified atom stereocenters. The van der Waals surface area contributed by atoms with Gasteiger partial charge in [0.2, 0.25) is 0 Å². The second-order valence-electron chi connectivity index (χ2n) is 5.47. The highest BCUT2D eigenvalue weighted by Gasteiger charge is 2.20. The maximum Gasteiger partial charge on any atom is 0.296 e. The minimum Gasteiger partial charge on any atom is -0.508 e. The lowest BCUT2D eigenvalue weighted by Gasteiger charge is -2.26. The van der Waals surface area contributed by atoms with Crippen molar-refractivity contribution < 1.29 is 10.0 Å². The van der Waals surface area contributed by atoms with Crippen LogP contribution >= 0.6 is 0 Å². The number of phenols is 1. The van der Waals surface area contributed by atoms with Crippen molar-refractivity contribution in [2.24, 2.45) is 11.8 Å². The molecule has 1 aliphatic rings. The van der Waals surface area contributed by atoms with Crippen LogP contribution in [0.4, 0.5) is 11.4 Å². The molecular formula is C14H20N2O3. The van der Waals surface area contributed by atoms with Crippen LogP contribution in [0.5, 0.6) is 5.75 Å². The fourth-order valence-electron chi connectivity index (χ4n) is 2.61. The Balaban J connectivity index is 1.97. The van der Waals surface area contributed by atoms with Crippen LogP contribution in [0.25, 0.3) is 0 Å². The molecule has 1 saturated carbocycles. The maximum absolute atomic E-state index is 10.9. The summed E-state index contributed by atoms with van der Waals surface area (Å²) in [5, 5.41) is 23.4. The molecule has 104 valence electrons. The second kappa shape index (κ2) is 5.91. The van der Waals surface area contributed by atoms with Crippen molar-refractivity contribution in [2.75, 3.05) is 11.9 Å². The van der Waals surface area contributed by atoms with Crippen LogP contribution in [0.2, 0.25) is 0 Å². The van der Waals surface area contributed by atoms with Gasteiger partial charge in [-0.25, -0.2) is 0 Å². The SMILES string of the molecule is CC1CCC(CNc2ccc(O)cc2[N+](=O)[O-])CC1. The summed E-state index contributed by atoms with van der Waals surface area (Å²) in [6, 6.07) is 4.22. The molecule has 1 aromatic rings. The Morgan fingerprint density at radius 1 is 1.37 bits per heavy atom. The number of nitro groups is 1. The van der Waals surface area contributed by atoms with E-state index in [4.69, 9.17) is 0 Å². The number of nitrogens with one attached hydrogen (secondary N) is 1. The van der Waals surface area contributed by atoms with Gasteiger partial charge in [0.25, 0.3) is 5.69 Å². The van der Waals surface area contributed by atoms with E-state index in [0.29, 0.717) is 11.6 Å². The average molecular weight is 264 g/mol. The molecule has 0 atom stereocenters. The predicted molar refractivity (Wildman–Crippen MR) is 74.4 cm³/mol. The lowest BCUT2D eigenvalue weighted by Crippen LogP contribution is -2.20. The molecule has 5 nitrogen and oxygen atoms in total. The Labute approximate surface area is 112 Å². The molecule has 1 aliphatic carbocycles. The molecule has 0 saturated heterocycles. The van der Waals surface area contributed by atoms with Gasteiger partial charge in [0.15, 0.2) is 0 Å². The molecule has 0 aliphatic heterocycles. The molecule has 2 N–H and O–H groups in total. The van der Waals surface area contributed by atoms with Gasteiger partial charge in [-0.3, -0.25) is 10.1 Å². The molecule has 1 fully saturated rings. The van der Waals surface area contributed by atoms with Crippen molar-refractivity contribution in [3.63, 3.8) is 0 Å². The topological polar surface area (TPSA) is 75.4 Å².